The summed E-state index contributed by atoms with van der Waals surface area (Å²) in [7, 11) is 0. The molecule has 0 saturated carbocycles. The van der Waals surface area contributed by atoms with Gasteiger partial charge in [-0.1, -0.05) is 204 Å². The molecule has 2 heteroatoms. The van der Waals surface area contributed by atoms with Gasteiger partial charge < -0.3 is 9.88 Å². The molecule has 2 aliphatic carbocycles. The van der Waals surface area contributed by atoms with E-state index in [4.69, 9.17) is 0 Å². The molecule has 0 amide bonds. The molecule has 14 rings (SSSR count). The van der Waals surface area contributed by atoms with Crippen LogP contribution in [0.4, 0.5) is 11.4 Å². The van der Waals surface area contributed by atoms with E-state index < -0.39 is 0 Å². The maximum Gasteiger partial charge on any atom is 0.0547 e. The highest BCUT2D eigenvalue weighted by Gasteiger charge is 2.37. The first-order valence-electron chi connectivity index (χ1n) is 24.7. The molecular formula is C68H50N2. The van der Waals surface area contributed by atoms with Crippen LogP contribution in [0.25, 0.3) is 105 Å². The third-order valence-corrected chi connectivity index (χ3v) is 16.0. The van der Waals surface area contributed by atoms with Crippen molar-refractivity contribution in [3.05, 3.63) is 247 Å². The second kappa shape index (κ2) is 15.0. The number of hydrogen-bond donors (Lipinski definition) is 1. The Hall–Kier alpha value is -8.46. The Labute approximate surface area is 409 Å². The van der Waals surface area contributed by atoms with E-state index in [2.05, 4.69) is 262 Å². The van der Waals surface area contributed by atoms with Crippen LogP contribution in [0.1, 0.15) is 49.9 Å². The van der Waals surface area contributed by atoms with E-state index in [0.717, 1.165) is 22.6 Å². The lowest BCUT2D eigenvalue weighted by Crippen LogP contribution is -2.15. The fraction of sp³-hybridized carbons (Fsp3) is 0.0882. The Bertz CT molecular complexity index is 4150. The van der Waals surface area contributed by atoms with E-state index >= 15 is 0 Å². The molecule has 0 fully saturated rings. The predicted octanol–water partition coefficient (Wildman–Crippen LogP) is 18.4. The Balaban J connectivity index is 0.994. The van der Waals surface area contributed by atoms with Crippen molar-refractivity contribution in [1.29, 1.82) is 0 Å². The van der Waals surface area contributed by atoms with Crippen LogP contribution in [0.3, 0.4) is 0 Å². The van der Waals surface area contributed by atoms with Crippen molar-refractivity contribution in [3.8, 4) is 61.3 Å². The van der Waals surface area contributed by atoms with Gasteiger partial charge in [-0.3, -0.25) is 0 Å². The molecule has 70 heavy (non-hydrogen) atoms. The van der Waals surface area contributed by atoms with Gasteiger partial charge in [0.15, 0.2) is 0 Å². The van der Waals surface area contributed by atoms with E-state index in [9.17, 15) is 0 Å². The molecule has 2 aliphatic rings. The van der Waals surface area contributed by atoms with Gasteiger partial charge in [-0.15, -0.1) is 0 Å². The van der Waals surface area contributed by atoms with Crippen molar-refractivity contribution >= 4 is 54.7 Å². The summed E-state index contributed by atoms with van der Waals surface area (Å²) in [6.45, 7) is 9.51. The molecule has 1 N–H and O–H groups in total. The highest BCUT2D eigenvalue weighted by Crippen LogP contribution is 2.53. The Morgan fingerprint density at radius 2 is 0.829 bits per heavy atom. The van der Waals surface area contributed by atoms with Gasteiger partial charge in [0.1, 0.15) is 0 Å². The quantitative estimate of drug-likeness (QED) is 0.165. The second-order valence-electron chi connectivity index (χ2n) is 20.5. The molecule has 0 spiro atoms. The van der Waals surface area contributed by atoms with Crippen molar-refractivity contribution in [1.82, 2.24) is 4.57 Å². The molecule has 332 valence electrons. The Kier molecular flexibility index (Phi) is 8.71. The van der Waals surface area contributed by atoms with Crippen molar-refractivity contribution in [2.45, 2.75) is 38.5 Å². The van der Waals surface area contributed by atoms with Gasteiger partial charge in [-0.25, -0.2) is 0 Å². The Morgan fingerprint density at radius 3 is 1.56 bits per heavy atom. The van der Waals surface area contributed by atoms with Gasteiger partial charge in [0.25, 0.3) is 0 Å². The summed E-state index contributed by atoms with van der Waals surface area (Å²) in [5.74, 6) is 0. The van der Waals surface area contributed by atoms with Crippen LogP contribution in [0.2, 0.25) is 0 Å². The highest BCUT2D eigenvalue weighted by molar-refractivity contribution is 6.23. The van der Waals surface area contributed by atoms with Crippen LogP contribution >= 0.6 is 0 Å². The molecule has 0 radical (unpaired) electrons. The molecule has 12 aromatic rings. The van der Waals surface area contributed by atoms with Crippen LogP contribution < -0.4 is 5.32 Å². The lowest BCUT2D eigenvalue weighted by atomic mass is 9.80. The zero-order valence-electron chi connectivity index (χ0n) is 39.8. The second-order valence-corrected chi connectivity index (χ2v) is 20.5. The van der Waals surface area contributed by atoms with Gasteiger partial charge in [0.05, 0.1) is 16.7 Å². The Morgan fingerprint density at radius 1 is 0.329 bits per heavy atom. The van der Waals surface area contributed by atoms with Crippen LogP contribution in [0, 0.1) is 0 Å². The van der Waals surface area contributed by atoms with Gasteiger partial charge in [-0.2, -0.15) is 0 Å². The van der Waals surface area contributed by atoms with Gasteiger partial charge >= 0.3 is 0 Å². The van der Waals surface area contributed by atoms with Crippen molar-refractivity contribution in [2.24, 2.45) is 0 Å². The first-order chi connectivity index (χ1) is 34.3. The highest BCUT2D eigenvalue weighted by atomic mass is 15.0. The number of rotatable bonds is 6. The summed E-state index contributed by atoms with van der Waals surface area (Å²) in [4.78, 5) is 0. The van der Waals surface area contributed by atoms with Crippen LogP contribution in [-0.2, 0) is 10.8 Å². The normalized spacial score (nSPS) is 13.9. The molecule has 0 aliphatic heterocycles. The summed E-state index contributed by atoms with van der Waals surface area (Å²) in [6.07, 6.45) is 0. The monoisotopic (exact) mass is 894 g/mol. The summed E-state index contributed by atoms with van der Waals surface area (Å²) in [6, 6.07) is 83.7. The molecule has 0 saturated heterocycles. The number of anilines is 2. The number of nitrogens with zero attached hydrogens (tertiary/aromatic N) is 1. The standard InChI is InChI=1S/C68H50N2/c1-67(2)57-28-14-10-21-46(57)48-36-33-43(40-59(48)67)42-34-38-54-56(39-42)64(44-35-37-49-47-22-11-15-29-58(47)68(3,4)60(49)41-44)52-24-8-9-25-53(52)66(54)69-61-30-16-12-23-50(61)51-27-18-32-63-65(51)55-26-13-17-31-62(55)70(63)45-19-6-5-7-20-45/h5-41,69H,1-4H3. The number of para-hydroxylation sites is 3. The third-order valence-electron chi connectivity index (χ3n) is 16.0. The van der Waals surface area contributed by atoms with E-state index in [1.54, 1.807) is 0 Å². The largest absolute Gasteiger partial charge is 0.354 e. The molecular weight excluding hydrogens is 845 g/mol. The summed E-state index contributed by atoms with van der Waals surface area (Å²) in [5.41, 5.74) is 23.6. The zero-order chi connectivity index (χ0) is 46.9. The van der Waals surface area contributed by atoms with Crippen molar-refractivity contribution in [3.63, 3.8) is 0 Å². The average Bonchev–Trinajstić information content (AvgIpc) is 3.95. The SMILES string of the molecule is CC1(C)c2ccccc2-c2ccc(-c3ccc4c(Nc5ccccc5-c5cccc6c5c5ccccc5n6-c5ccccc5)c5ccccc5c(-c5ccc6c(c5)C(C)(C)c5ccccc5-6)c4c3)cc21. The molecule has 0 unspecified atom stereocenters. The molecule has 0 atom stereocenters. The molecule has 2 nitrogen and oxygen atoms in total. The van der Waals surface area contributed by atoms with Gasteiger partial charge in [-0.05, 0) is 132 Å². The summed E-state index contributed by atoms with van der Waals surface area (Å²) >= 11 is 0. The average molecular weight is 895 g/mol. The van der Waals surface area contributed by atoms with E-state index in [1.807, 2.05) is 0 Å². The lowest BCUT2D eigenvalue weighted by molar-refractivity contribution is 0.660. The van der Waals surface area contributed by atoms with Gasteiger partial charge in [0, 0.05) is 49.3 Å². The molecule has 1 heterocycles. The van der Waals surface area contributed by atoms with Crippen LogP contribution in [-0.4, -0.2) is 4.57 Å². The maximum atomic E-state index is 4.16. The lowest BCUT2D eigenvalue weighted by Gasteiger charge is -2.24. The zero-order valence-corrected chi connectivity index (χ0v) is 39.8. The fourth-order valence-corrected chi connectivity index (χ4v) is 12.6. The predicted molar refractivity (Wildman–Crippen MR) is 297 cm³/mol. The first-order valence-corrected chi connectivity index (χ1v) is 24.7. The van der Waals surface area contributed by atoms with Crippen LogP contribution in [0.5, 0.6) is 0 Å². The summed E-state index contributed by atoms with van der Waals surface area (Å²) in [5, 5.41) is 11.5. The van der Waals surface area contributed by atoms with E-state index in [1.165, 1.54) is 116 Å². The third kappa shape index (κ3) is 5.80. The molecule has 1 aromatic heterocycles. The van der Waals surface area contributed by atoms with Crippen LogP contribution in [0.15, 0.2) is 224 Å². The minimum Gasteiger partial charge on any atom is -0.354 e. The topological polar surface area (TPSA) is 17.0 Å². The molecule has 11 aromatic carbocycles. The smallest absolute Gasteiger partial charge is 0.0547 e. The number of nitrogens with one attached hydrogen (secondary N) is 1. The molecule has 0 bridgehead atoms. The van der Waals surface area contributed by atoms with Crippen molar-refractivity contribution in [2.75, 3.05) is 5.32 Å². The first kappa shape index (κ1) is 40.6. The summed E-state index contributed by atoms with van der Waals surface area (Å²) < 4.78 is 2.40. The minimum absolute atomic E-state index is 0.0970. The van der Waals surface area contributed by atoms with Crippen molar-refractivity contribution < 1.29 is 0 Å². The minimum atomic E-state index is -0.130. The van der Waals surface area contributed by atoms with Gasteiger partial charge in [0.2, 0.25) is 0 Å². The maximum absolute atomic E-state index is 4.16. The number of aromatic nitrogens is 1. The number of hydrogen-bond acceptors (Lipinski definition) is 1. The van der Waals surface area contributed by atoms with E-state index in [-0.39, 0.29) is 10.8 Å². The number of benzene rings is 11. The van der Waals surface area contributed by atoms with E-state index in [0.29, 0.717) is 0 Å². The number of fused-ring (bicyclic) bond motifs is 11. The fourth-order valence-electron chi connectivity index (χ4n) is 12.6.